The molecule has 0 aliphatic heterocycles. The third kappa shape index (κ3) is 6.19. The van der Waals surface area contributed by atoms with Gasteiger partial charge in [-0.05, 0) is 39.3 Å². The molecule has 1 atom stereocenters. The molecule has 1 N–H and O–H groups in total. The molecular weight excluding hydrogens is 316 g/mol. The topological polar surface area (TPSA) is 75.7 Å². The Morgan fingerprint density at radius 1 is 1.30 bits per heavy atom. The van der Waals surface area contributed by atoms with Crippen molar-refractivity contribution in [1.29, 1.82) is 0 Å². The van der Waals surface area contributed by atoms with Gasteiger partial charge >= 0.3 is 0 Å². The molecule has 0 saturated carbocycles. The molecule has 1 aromatic carbocycles. The number of nitrogens with zero attached hydrogens (tertiary/aromatic N) is 1. The molecule has 0 unspecified atom stereocenters. The van der Waals surface area contributed by atoms with E-state index in [-0.39, 0.29) is 5.91 Å². The lowest BCUT2D eigenvalue weighted by Crippen LogP contribution is -2.48. The second-order valence-corrected chi connectivity index (χ2v) is 7.27. The van der Waals surface area contributed by atoms with E-state index in [0.29, 0.717) is 31.9 Å². The Morgan fingerprint density at radius 3 is 2.43 bits per heavy atom. The van der Waals surface area contributed by atoms with Gasteiger partial charge in [0.15, 0.2) is 0 Å². The second kappa shape index (κ2) is 8.88. The van der Waals surface area contributed by atoms with Crippen molar-refractivity contribution in [3.63, 3.8) is 0 Å². The van der Waals surface area contributed by atoms with Crippen LogP contribution in [0.5, 0.6) is 0 Å². The Balaban J connectivity index is 2.79. The third-order valence-electron chi connectivity index (χ3n) is 3.35. The number of carbonyl (C=O) groups is 1. The van der Waals surface area contributed by atoms with E-state index in [9.17, 15) is 13.2 Å². The molecule has 23 heavy (non-hydrogen) atoms. The summed E-state index contributed by atoms with van der Waals surface area (Å²) in [7, 11) is -3.57. The van der Waals surface area contributed by atoms with Gasteiger partial charge in [0.05, 0.1) is 11.9 Å². The van der Waals surface area contributed by atoms with Crippen molar-refractivity contribution in [2.75, 3.05) is 30.3 Å². The van der Waals surface area contributed by atoms with Gasteiger partial charge < -0.3 is 10.1 Å². The minimum absolute atomic E-state index is 0.326. The van der Waals surface area contributed by atoms with Crippen LogP contribution in [0.2, 0.25) is 0 Å². The van der Waals surface area contributed by atoms with Gasteiger partial charge in [0.25, 0.3) is 0 Å². The molecule has 1 amide bonds. The molecule has 0 spiro atoms. The lowest BCUT2D eigenvalue weighted by Gasteiger charge is -2.28. The van der Waals surface area contributed by atoms with Gasteiger partial charge in [0, 0.05) is 19.8 Å². The number of rotatable bonds is 9. The van der Waals surface area contributed by atoms with Crippen molar-refractivity contribution in [1.82, 2.24) is 5.32 Å². The molecule has 130 valence electrons. The van der Waals surface area contributed by atoms with E-state index in [1.165, 1.54) is 0 Å². The van der Waals surface area contributed by atoms with E-state index in [0.717, 1.165) is 16.1 Å². The van der Waals surface area contributed by atoms with Crippen LogP contribution < -0.4 is 9.62 Å². The number of sulfonamides is 1. The zero-order chi connectivity index (χ0) is 17.5. The predicted octanol–water partition coefficient (Wildman–Crippen LogP) is 1.69. The normalized spacial score (nSPS) is 12.7. The largest absolute Gasteiger partial charge is 0.382 e. The smallest absolute Gasteiger partial charge is 0.243 e. The number of amides is 1. The van der Waals surface area contributed by atoms with Gasteiger partial charge in [-0.2, -0.15) is 0 Å². The van der Waals surface area contributed by atoms with Gasteiger partial charge in [-0.3, -0.25) is 9.10 Å². The van der Waals surface area contributed by atoms with E-state index in [1.807, 2.05) is 26.0 Å². The quantitative estimate of drug-likeness (QED) is 0.693. The summed E-state index contributed by atoms with van der Waals surface area (Å²) in [5.74, 6) is -0.326. The maximum Gasteiger partial charge on any atom is 0.243 e. The predicted molar refractivity (Wildman–Crippen MR) is 92.1 cm³/mol. The molecule has 0 aliphatic carbocycles. The van der Waals surface area contributed by atoms with Gasteiger partial charge in [-0.25, -0.2) is 8.42 Å². The summed E-state index contributed by atoms with van der Waals surface area (Å²) < 4.78 is 30.6. The first-order valence-corrected chi connectivity index (χ1v) is 9.53. The Morgan fingerprint density at radius 2 is 1.91 bits per heavy atom. The highest BCUT2D eigenvalue weighted by molar-refractivity contribution is 7.92. The first kappa shape index (κ1) is 19.4. The number of nitrogens with one attached hydrogen (secondary N) is 1. The molecule has 0 heterocycles. The van der Waals surface area contributed by atoms with Crippen LogP contribution in [-0.4, -0.2) is 46.4 Å². The molecule has 7 heteroatoms. The van der Waals surface area contributed by atoms with Crippen LogP contribution in [0.1, 0.15) is 25.8 Å². The van der Waals surface area contributed by atoms with Crippen molar-refractivity contribution < 1.29 is 17.9 Å². The Hall–Kier alpha value is -1.60. The van der Waals surface area contributed by atoms with E-state index >= 15 is 0 Å². The summed E-state index contributed by atoms with van der Waals surface area (Å²) in [6.07, 6.45) is 1.79. The van der Waals surface area contributed by atoms with Crippen molar-refractivity contribution in [3.05, 3.63) is 29.8 Å². The molecule has 1 aromatic rings. The van der Waals surface area contributed by atoms with E-state index < -0.39 is 16.1 Å². The van der Waals surface area contributed by atoms with Crippen molar-refractivity contribution in [2.45, 2.75) is 33.2 Å². The summed E-state index contributed by atoms with van der Waals surface area (Å²) in [5, 5.41) is 2.75. The Labute approximate surface area is 138 Å². The molecule has 0 radical (unpaired) electrons. The van der Waals surface area contributed by atoms with Crippen molar-refractivity contribution in [3.8, 4) is 0 Å². The molecule has 0 bridgehead atoms. The zero-order valence-corrected chi connectivity index (χ0v) is 15.0. The first-order valence-electron chi connectivity index (χ1n) is 7.69. The average Bonchev–Trinajstić information content (AvgIpc) is 2.47. The summed E-state index contributed by atoms with van der Waals surface area (Å²) in [5.41, 5.74) is 1.50. The van der Waals surface area contributed by atoms with Crippen LogP contribution in [-0.2, 0) is 19.6 Å². The first-order chi connectivity index (χ1) is 10.8. The number of aryl methyl sites for hydroxylation is 1. The molecule has 1 rings (SSSR count). The number of anilines is 1. The van der Waals surface area contributed by atoms with Crippen molar-refractivity contribution in [2.24, 2.45) is 0 Å². The minimum Gasteiger partial charge on any atom is -0.382 e. The maximum absolute atomic E-state index is 12.2. The molecule has 0 aromatic heterocycles. The maximum atomic E-state index is 12.2. The SMILES string of the molecule is CCOCCCNC(=O)[C@@H](C)N(c1ccc(C)cc1)S(C)(=O)=O. The van der Waals surface area contributed by atoms with Crippen LogP contribution >= 0.6 is 0 Å². The number of ether oxygens (including phenoxy) is 1. The average molecular weight is 342 g/mol. The van der Waals surface area contributed by atoms with Gasteiger partial charge in [0.2, 0.25) is 15.9 Å². The van der Waals surface area contributed by atoms with Crippen LogP contribution in [0, 0.1) is 6.92 Å². The number of carbonyl (C=O) groups excluding carboxylic acids is 1. The summed E-state index contributed by atoms with van der Waals surface area (Å²) >= 11 is 0. The molecular formula is C16H26N2O4S. The lowest BCUT2D eigenvalue weighted by atomic mass is 10.2. The minimum atomic E-state index is -3.57. The fraction of sp³-hybridized carbons (Fsp3) is 0.562. The Kier molecular flexibility index (Phi) is 7.51. The monoisotopic (exact) mass is 342 g/mol. The molecule has 0 saturated heterocycles. The molecule has 0 aliphatic rings. The van der Waals surface area contributed by atoms with Crippen LogP contribution in [0.3, 0.4) is 0 Å². The number of benzene rings is 1. The van der Waals surface area contributed by atoms with Gasteiger partial charge in [-0.1, -0.05) is 17.7 Å². The summed E-state index contributed by atoms with van der Waals surface area (Å²) in [6, 6.07) is 6.23. The fourth-order valence-corrected chi connectivity index (χ4v) is 3.35. The standard InChI is InChI=1S/C16H26N2O4S/c1-5-22-12-6-11-17-16(19)14(3)18(23(4,20)21)15-9-7-13(2)8-10-15/h7-10,14H,5-6,11-12H2,1-4H3,(H,17,19)/t14-/m1/s1. The fourth-order valence-electron chi connectivity index (χ4n) is 2.18. The highest BCUT2D eigenvalue weighted by atomic mass is 32.2. The lowest BCUT2D eigenvalue weighted by molar-refractivity contribution is -0.121. The van der Waals surface area contributed by atoms with Crippen LogP contribution in [0.4, 0.5) is 5.69 Å². The number of hydrogen-bond donors (Lipinski definition) is 1. The second-order valence-electron chi connectivity index (χ2n) is 5.41. The van der Waals surface area contributed by atoms with Gasteiger partial charge in [-0.15, -0.1) is 0 Å². The molecule has 6 nitrogen and oxygen atoms in total. The third-order valence-corrected chi connectivity index (χ3v) is 4.59. The Bertz CT molecular complexity index is 599. The summed E-state index contributed by atoms with van der Waals surface area (Å²) in [6.45, 7) is 7.07. The highest BCUT2D eigenvalue weighted by Crippen LogP contribution is 2.21. The van der Waals surface area contributed by atoms with E-state index in [1.54, 1.807) is 19.1 Å². The van der Waals surface area contributed by atoms with Crippen LogP contribution in [0.15, 0.2) is 24.3 Å². The summed E-state index contributed by atoms with van der Waals surface area (Å²) in [4.78, 5) is 12.2. The van der Waals surface area contributed by atoms with Crippen molar-refractivity contribution >= 4 is 21.6 Å². The zero-order valence-electron chi connectivity index (χ0n) is 14.2. The highest BCUT2D eigenvalue weighted by Gasteiger charge is 2.28. The molecule has 0 fully saturated rings. The van der Waals surface area contributed by atoms with Crippen LogP contribution in [0.25, 0.3) is 0 Å². The van der Waals surface area contributed by atoms with E-state index in [2.05, 4.69) is 5.32 Å². The van der Waals surface area contributed by atoms with E-state index in [4.69, 9.17) is 4.74 Å². The number of hydrogen-bond acceptors (Lipinski definition) is 4. The van der Waals surface area contributed by atoms with Gasteiger partial charge in [0.1, 0.15) is 6.04 Å².